The van der Waals surface area contributed by atoms with Crippen molar-refractivity contribution in [3.63, 3.8) is 0 Å². The van der Waals surface area contributed by atoms with Crippen LogP contribution in [0.2, 0.25) is 10.0 Å². The van der Waals surface area contributed by atoms with Crippen LogP contribution in [0.15, 0.2) is 42.5 Å². The molecule has 4 rings (SSSR count). The Balaban J connectivity index is 1.57. The highest BCUT2D eigenvalue weighted by molar-refractivity contribution is 6.37. The minimum atomic E-state index is 0.274. The van der Waals surface area contributed by atoms with Crippen molar-refractivity contribution in [1.82, 2.24) is 4.98 Å². The quantitative estimate of drug-likeness (QED) is 0.733. The summed E-state index contributed by atoms with van der Waals surface area (Å²) in [6.07, 6.45) is 0. The molecule has 1 aliphatic rings. The van der Waals surface area contributed by atoms with Gasteiger partial charge in [-0.15, -0.1) is 0 Å². The standard InChI is InChI=1S/C17H12Cl2N2O2/c18-11-2-3-14-12(6-11)13(19)7-17(21-14)20-8-10-1-4-15-16(5-10)23-9-22-15/h1-7H,8-9H2,(H,20,21). The Morgan fingerprint density at radius 2 is 1.87 bits per heavy atom. The van der Waals surface area contributed by atoms with Crippen LogP contribution in [0.4, 0.5) is 5.82 Å². The van der Waals surface area contributed by atoms with Crippen molar-refractivity contribution < 1.29 is 9.47 Å². The lowest BCUT2D eigenvalue weighted by Gasteiger charge is -2.09. The van der Waals surface area contributed by atoms with E-state index in [4.69, 9.17) is 32.7 Å². The van der Waals surface area contributed by atoms with Gasteiger partial charge >= 0.3 is 0 Å². The second-order valence-corrected chi connectivity index (χ2v) is 6.04. The van der Waals surface area contributed by atoms with Crippen molar-refractivity contribution in [2.75, 3.05) is 12.1 Å². The van der Waals surface area contributed by atoms with E-state index in [0.29, 0.717) is 22.4 Å². The van der Waals surface area contributed by atoms with Gasteiger partial charge in [-0.2, -0.15) is 0 Å². The molecule has 0 spiro atoms. The number of anilines is 1. The Morgan fingerprint density at radius 1 is 1.00 bits per heavy atom. The fourth-order valence-corrected chi connectivity index (χ4v) is 2.92. The summed E-state index contributed by atoms with van der Waals surface area (Å²) in [5, 5.41) is 5.37. The summed E-state index contributed by atoms with van der Waals surface area (Å²) in [6, 6.07) is 13.1. The number of fused-ring (bicyclic) bond motifs is 2. The molecule has 0 amide bonds. The highest BCUT2D eigenvalue weighted by Gasteiger charge is 2.13. The van der Waals surface area contributed by atoms with Gasteiger partial charge in [0.05, 0.1) is 10.5 Å². The summed E-state index contributed by atoms with van der Waals surface area (Å²) in [4.78, 5) is 4.55. The molecule has 0 saturated heterocycles. The van der Waals surface area contributed by atoms with Crippen LogP contribution < -0.4 is 14.8 Å². The van der Waals surface area contributed by atoms with Gasteiger partial charge in [0, 0.05) is 17.0 Å². The molecule has 1 N–H and O–H groups in total. The number of nitrogens with zero attached hydrogens (tertiary/aromatic N) is 1. The number of pyridine rings is 1. The van der Waals surface area contributed by atoms with Crippen LogP contribution in [0.3, 0.4) is 0 Å². The monoisotopic (exact) mass is 346 g/mol. The number of halogens is 2. The zero-order valence-electron chi connectivity index (χ0n) is 12.0. The Labute approximate surface area is 142 Å². The first kappa shape index (κ1) is 14.4. The minimum absolute atomic E-state index is 0.274. The molecule has 0 bridgehead atoms. The molecule has 2 aromatic carbocycles. The summed E-state index contributed by atoms with van der Waals surface area (Å²) in [5.74, 6) is 2.25. The van der Waals surface area contributed by atoms with E-state index in [9.17, 15) is 0 Å². The summed E-state index contributed by atoms with van der Waals surface area (Å²) in [6.45, 7) is 0.885. The number of nitrogens with one attached hydrogen (secondary N) is 1. The van der Waals surface area contributed by atoms with Crippen LogP contribution in [-0.2, 0) is 6.54 Å². The SMILES string of the molecule is Clc1ccc2nc(NCc3ccc4c(c3)OCO4)cc(Cl)c2c1. The smallest absolute Gasteiger partial charge is 0.231 e. The molecule has 116 valence electrons. The second kappa shape index (κ2) is 5.80. The molecular weight excluding hydrogens is 335 g/mol. The third kappa shape index (κ3) is 2.87. The Kier molecular flexibility index (Phi) is 3.63. The van der Waals surface area contributed by atoms with E-state index in [0.717, 1.165) is 28.0 Å². The van der Waals surface area contributed by atoms with E-state index in [1.165, 1.54) is 0 Å². The molecule has 2 heterocycles. The number of ether oxygens (including phenoxy) is 2. The van der Waals surface area contributed by atoms with Gasteiger partial charge in [-0.05, 0) is 42.0 Å². The maximum atomic E-state index is 6.32. The van der Waals surface area contributed by atoms with E-state index in [2.05, 4.69) is 10.3 Å². The number of aromatic nitrogens is 1. The maximum absolute atomic E-state index is 6.32. The highest BCUT2D eigenvalue weighted by Crippen LogP contribution is 2.33. The zero-order chi connectivity index (χ0) is 15.8. The van der Waals surface area contributed by atoms with Crippen LogP contribution in [0.25, 0.3) is 10.9 Å². The molecule has 0 fully saturated rings. The lowest BCUT2D eigenvalue weighted by Crippen LogP contribution is -2.01. The molecule has 0 saturated carbocycles. The number of rotatable bonds is 3. The second-order valence-electron chi connectivity index (χ2n) is 5.19. The van der Waals surface area contributed by atoms with Crippen molar-refractivity contribution >= 4 is 39.9 Å². The van der Waals surface area contributed by atoms with Gasteiger partial charge in [0.15, 0.2) is 11.5 Å². The summed E-state index contributed by atoms with van der Waals surface area (Å²) in [7, 11) is 0. The van der Waals surface area contributed by atoms with Gasteiger partial charge in [-0.3, -0.25) is 0 Å². The van der Waals surface area contributed by atoms with E-state index >= 15 is 0 Å². The van der Waals surface area contributed by atoms with Gasteiger partial charge in [-0.1, -0.05) is 29.3 Å². The Morgan fingerprint density at radius 3 is 2.78 bits per heavy atom. The van der Waals surface area contributed by atoms with Crippen molar-refractivity contribution in [3.8, 4) is 11.5 Å². The minimum Gasteiger partial charge on any atom is -0.454 e. The van der Waals surface area contributed by atoms with Gasteiger partial charge < -0.3 is 14.8 Å². The molecule has 0 aliphatic carbocycles. The van der Waals surface area contributed by atoms with Gasteiger partial charge in [-0.25, -0.2) is 4.98 Å². The van der Waals surface area contributed by atoms with Crippen LogP contribution in [-0.4, -0.2) is 11.8 Å². The largest absolute Gasteiger partial charge is 0.454 e. The normalized spacial score (nSPS) is 12.6. The zero-order valence-corrected chi connectivity index (χ0v) is 13.5. The van der Waals surface area contributed by atoms with Gasteiger partial charge in [0.1, 0.15) is 5.82 Å². The Hall–Kier alpha value is -2.17. The van der Waals surface area contributed by atoms with E-state index in [-0.39, 0.29) is 6.79 Å². The van der Waals surface area contributed by atoms with Crippen LogP contribution in [0, 0.1) is 0 Å². The van der Waals surface area contributed by atoms with Crippen LogP contribution in [0.1, 0.15) is 5.56 Å². The highest BCUT2D eigenvalue weighted by atomic mass is 35.5. The molecular formula is C17H12Cl2N2O2. The molecule has 4 nitrogen and oxygen atoms in total. The summed E-state index contributed by atoms with van der Waals surface area (Å²) in [5.41, 5.74) is 1.87. The number of hydrogen-bond acceptors (Lipinski definition) is 4. The van der Waals surface area contributed by atoms with Crippen molar-refractivity contribution in [1.29, 1.82) is 0 Å². The lowest BCUT2D eigenvalue weighted by atomic mass is 10.2. The average molecular weight is 347 g/mol. The third-order valence-corrected chi connectivity index (χ3v) is 4.18. The molecule has 0 atom stereocenters. The van der Waals surface area contributed by atoms with Gasteiger partial charge in [0.25, 0.3) is 0 Å². The van der Waals surface area contributed by atoms with E-state index in [1.54, 1.807) is 12.1 Å². The summed E-state index contributed by atoms with van der Waals surface area (Å²) >= 11 is 12.3. The number of hydrogen-bond donors (Lipinski definition) is 1. The van der Waals surface area contributed by atoms with Crippen molar-refractivity contribution in [3.05, 3.63) is 58.1 Å². The molecule has 1 aliphatic heterocycles. The first-order valence-electron chi connectivity index (χ1n) is 7.07. The fourth-order valence-electron chi connectivity index (χ4n) is 2.49. The van der Waals surface area contributed by atoms with Crippen LogP contribution in [0.5, 0.6) is 11.5 Å². The maximum Gasteiger partial charge on any atom is 0.231 e. The molecule has 1 aromatic heterocycles. The van der Waals surface area contributed by atoms with E-state index in [1.807, 2.05) is 30.3 Å². The van der Waals surface area contributed by atoms with Crippen LogP contribution >= 0.6 is 23.2 Å². The predicted molar refractivity (Wildman–Crippen MR) is 91.7 cm³/mol. The topological polar surface area (TPSA) is 43.4 Å². The molecule has 0 unspecified atom stereocenters. The van der Waals surface area contributed by atoms with Crippen molar-refractivity contribution in [2.45, 2.75) is 6.54 Å². The molecule has 6 heteroatoms. The lowest BCUT2D eigenvalue weighted by molar-refractivity contribution is 0.174. The average Bonchev–Trinajstić information content (AvgIpc) is 3.01. The predicted octanol–water partition coefficient (Wildman–Crippen LogP) is 4.88. The first-order chi connectivity index (χ1) is 11.2. The third-order valence-electron chi connectivity index (χ3n) is 3.63. The first-order valence-corrected chi connectivity index (χ1v) is 7.83. The van der Waals surface area contributed by atoms with Gasteiger partial charge in [0.2, 0.25) is 6.79 Å². The molecule has 23 heavy (non-hydrogen) atoms. The fraction of sp³-hybridized carbons (Fsp3) is 0.118. The van der Waals surface area contributed by atoms with E-state index < -0.39 is 0 Å². The molecule has 0 radical (unpaired) electrons. The van der Waals surface area contributed by atoms with Crippen molar-refractivity contribution in [2.24, 2.45) is 0 Å². The molecule has 3 aromatic rings. The summed E-state index contributed by atoms with van der Waals surface area (Å²) < 4.78 is 10.7. The Bertz CT molecular complexity index is 899. The number of benzene rings is 2.